The molecule has 1 aromatic carbocycles. The lowest BCUT2D eigenvalue weighted by atomic mass is 10.1. The van der Waals surface area contributed by atoms with Crippen molar-refractivity contribution in [3.63, 3.8) is 0 Å². The van der Waals surface area contributed by atoms with Gasteiger partial charge in [-0.05, 0) is 56.7 Å². The summed E-state index contributed by atoms with van der Waals surface area (Å²) < 4.78 is 24.3. The maximum atomic E-state index is 15.2. The van der Waals surface area contributed by atoms with Crippen LogP contribution in [-0.4, -0.2) is 57.5 Å². The van der Waals surface area contributed by atoms with Crippen LogP contribution in [0.15, 0.2) is 30.6 Å². The molecule has 3 aromatic heterocycles. The second-order valence-electron chi connectivity index (χ2n) is 10.8. The number of rotatable bonds is 7. The van der Waals surface area contributed by atoms with Gasteiger partial charge in [-0.1, -0.05) is 22.9 Å². The summed E-state index contributed by atoms with van der Waals surface area (Å²) >= 11 is 7.58. The van der Waals surface area contributed by atoms with E-state index < -0.39 is 5.82 Å². The molecule has 11 heteroatoms. The zero-order valence-electron chi connectivity index (χ0n) is 21.3. The summed E-state index contributed by atoms with van der Waals surface area (Å²) in [6, 6.07) is 5.23. The number of anilines is 2. The van der Waals surface area contributed by atoms with Crippen molar-refractivity contribution in [2.45, 2.75) is 50.9 Å². The Bertz CT molecular complexity index is 1500. The maximum Gasteiger partial charge on any atom is 0.228 e. The normalized spacial score (nSPS) is 21.8. The van der Waals surface area contributed by atoms with Crippen molar-refractivity contribution in [3.8, 4) is 11.3 Å². The number of benzene rings is 1. The molecule has 3 aliphatic rings. The average molecular weight is 554 g/mol. The van der Waals surface area contributed by atoms with Gasteiger partial charge < -0.3 is 14.5 Å². The van der Waals surface area contributed by atoms with Crippen LogP contribution in [0.2, 0.25) is 5.02 Å². The van der Waals surface area contributed by atoms with Crippen LogP contribution in [0.3, 0.4) is 0 Å². The van der Waals surface area contributed by atoms with E-state index in [0.29, 0.717) is 47.0 Å². The first-order valence-corrected chi connectivity index (χ1v) is 14.4. The lowest BCUT2D eigenvalue weighted by Crippen LogP contribution is -2.43. The van der Waals surface area contributed by atoms with Gasteiger partial charge >= 0.3 is 0 Å². The van der Waals surface area contributed by atoms with E-state index in [2.05, 4.69) is 35.1 Å². The fourth-order valence-electron chi connectivity index (χ4n) is 5.09. The number of ether oxygens (including phenoxy) is 1. The van der Waals surface area contributed by atoms with E-state index in [-0.39, 0.29) is 12.2 Å². The van der Waals surface area contributed by atoms with E-state index in [1.54, 1.807) is 12.1 Å². The smallest absolute Gasteiger partial charge is 0.228 e. The van der Waals surface area contributed by atoms with Gasteiger partial charge in [0.1, 0.15) is 16.6 Å². The quantitative estimate of drug-likeness (QED) is 0.282. The van der Waals surface area contributed by atoms with E-state index in [0.717, 1.165) is 27.9 Å². The van der Waals surface area contributed by atoms with Crippen molar-refractivity contribution in [3.05, 3.63) is 47.0 Å². The lowest BCUT2D eigenvalue weighted by Gasteiger charge is -2.36. The van der Waals surface area contributed by atoms with E-state index in [9.17, 15) is 0 Å². The van der Waals surface area contributed by atoms with Crippen molar-refractivity contribution in [2.75, 3.05) is 36.5 Å². The molecule has 2 aliphatic carbocycles. The van der Waals surface area contributed by atoms with Crippen molar-refractivity contribution >= 4 is 44.4 Å². The first-order chi connectivity index (χ1) is 18.4. The van der Waals surface area contributed by atoms with Crippen LogP contribution in [0, 0.1) is 11.7 Å². The van der Waals surface area contributed by atoms with Gasteiger partial charge in [-0.15, -0.1) is 0 Å². The van der Waals surface area contributed by atoms with Crippen LogP contribution in [0.5, 0.6) is 0 Å². The van der Waals surface area contributed by atoms with Gasteiger partial charge in [-0.25, -0.2) is 9.37 Å². The highest BCUT2D eigenvalue weighted by molar-refractivity contribution is 7.22. The monoisotopic (exact) mass is 553 g/mol. The van der Waals surface area contributed by atoms with Crippen LogP contribution in [0.4, 0.5) is 15.5 Å². The molecule has 4 heterocycles. The molecule has 1 saturated heterocycles. The Morgan fingerprint density at radius 1 is 1.16 bits per heavy atom. The number of fused-ring (bicyclic) bond motifs is 1. The van der Waals surface area contributed by atoms with Gasteiger partial charge in [-0.2, -0.15) is 15.1 Å². The van der Waals surface area contributed by atoms with Crippen molar-refractivity contribution in [2.24, 2.45) is 5.92 Å². The molecule has 2 atom stereocenters. The fourth-order valence-corrected chi connectivity index (χ4v) is 6.23. The number of nitrogens with zero attached hydrogens (tertiary/aromatic N) is 7. The standard InChI is InChI=1S/C27H29ClFN7OS/c1-15-11-35(14-22(37-15)17-10-30-36(13-17)19-6-7-19)26-31-23(20-8-5-18(28)9-21(20)29)24-25(32-26)33-27(38-24)34(2)12-16-3-4-16/h5,8-10,13,15-16,19,22H,3-4,6-7,11-12,14H2,1-2H3/t15-,22-/m1/s1. The first-order valence-electron chi connectivity index (χ1n) is 13.2. The molecule has 0 radical (unpaired) electrons. The molecule has 3 fully saturated rings. The van der Waals surface area contributed by atoms with Gasteiger partial charge in [0.05, 0.1) is 30.6 Å². The minimum Gasteiger partial charge on any atom is -0.367 e. The molecule has 0 N–H and O–H groups in total. The number of hydrogen-bond donors (Lipinski definition) is 0. The van der Waals surface area contributed by atoms with Crippen LogP contribution in [-0.2, 0) is 4.74 Å². The minimum atomic E-state index is -0.412. The summed E-state index contributed by atoms with van der Waals surface area (Å²) in [7, 11) is 2.06. The SMILES string of the molecule is C[C@@H]1CN(c2nc(-c3ccc(Cl)cc3F)c3sc(N(C)CC4CC4)nc3n2)C[C@H](c2cnn(C3CC3)c2)O1. The molecule has 198 valence electrons. The van der Waals surface area contributed by atoms with Crippen molar-refractivity contribution in [1.82, 2.24) is 24.7 Å². The Morgan fingerprint density at radius 3 is 2.76 bits per heavy atom. The fraction of sp³-hybridized carbons (Fsp3) is 0.481. The molecule has 7 rings (SSSR count). The Morgan fingerprint density at radius 2 is 2.00 bits per heavy atom. The Kier molecular flexibility index (Phi) is 6.01. The molecule has 2 saturated carbocycles. The topological polar surface area (TPSA) is 72.2 Å². The number of halogens is 2. The Hall–Kier alpha value is -2.82. The minimum absolute atomic E-state index is 0.0382. The highest BCUT2D eigenvalue weighted by Crippen LogP contribution is 2.40. The number of aromatic nitrogens is 5. The van der Waals surface area contributed by atoms with Gasteiger partial charge in [0.2, 0.25) is 5.95 Å². The molecule has 0 amide bonds. The van der Waals surface area contributed by atoms with Gasteiger partial charge in [0, 0.05) is 42.5 Å². The summed E-state index contributed by atoms with van der Waals surface area (Å²) in [5, 5.41) is 5.77. The molecule has 8 nitrogen and oxygen atoms in total. The summed E-state index contributed by atoms with van der Waals surface area (Å²) in [5.74, 6) is 0.835. The van der Waals surface area contributed by atoms with E-state index in [1.165, 1.54) is 43.1 Å². The molecule has 38 heavy (non-hydrogen) atoms. The Balaban J connectivity index is 1.28. The molecule has 1 aliphatic heterocycles. The van der Waals surface area contributed by atoms with Crippen LogP contribution >= 0.6 is 22.9 Å². The molecule has 0 spiro atoms. The third kappa shape index (κ3) is 4.74. The molecule has 0 unspecified atom stereocenters. The summed E-state index contributed by atoms with van der Waals surface area (Å²) in [6.45, 7) is 4.21. The van der Waals surface area contributed by atoms with E-state index in [1.807, 2.05) is 10.9 Å². The van der Waals surface area contributed by atoms with Gasteiger partial charge in [0.15, 0.2) is 10.8 Å². The highest BCUT2D eigenvalue weighted by atomic mass is 35.5. The second-order valence-corrected chi connectivity index (χ2v) is 12.2. The zero-order chi connectivity index (χ0) is 26.0. The third-order valence-corrected chi connectivity index (χ3v) is 8.83. The predicted octanol–water partition coefficient (Wildman–Crippen LogP) is 5.89. The van der Waals surface area contributed by atoms with Crippen molar-refractivity contribution < 1.29 is 9.13 Å². The van der Waals surface area contributed by atoms with Crippen molar-refractivity contribution in [1.29, 1.82) is 0 Å². The molecular formula is C27H29ClFN7OS. The number of hydrogen-bond acceptors (Lipinski definition) is 8. The predicted molar refractivity (Wildman–Crippen MR) is 148 cm³/mol. The van der Waals surface area contributed by atoms with Gasteiger partial charge in [0.25, 0.3) is 0 Å². The Labute approximate surface area is 229 Å². The molecule has 0 bridgehead atoms. The summed E-state index contributed by atoms with van der Waals surface area (Å²) in [5.41, 5.74) is 2.57. The third-order valence-electron chi connectivity index (χ3n) is 7.43. The van der Waals surface area contributed by atoms with Gasteiger partial charge in [-0.3, -0.25) is 4.68 Å². The van der Waals surface area contributed by atoms with E-state index in [4.69, 9.17) is 31.3 Å². The van der Waals surface area contributed by atoms with Crippen LogP contribution in [0.25, 0.3) is 21.6 Å². The van der Waals surface area contributed by atoms with Crippen LogP contribution < -0.4 is 9.80 Å². The maximum absolute atomic E-state index is 15.2. The zero-order valence-corrected chi connectivity index (χ0v) is 22.9. The molecule has 4 aromatic rings. The van der Waals surface area contributed by atoms with E-state index >= 15 is 4.39 Å². The summed E-state index contributed by atoms with van der Waals surface area (Å²) in [6.07, 6.45) is 8.68. The van der Waals surface area contributed by atoms with Crippen LogP contribution in [0.1, 0.15) is 50.3 Å². The average Bonchev–Trinajstić information content (AvgIpc) is 3.81. The number of thiazole rings is 1. The second kappa shape index (κ2) is 9.43. The highest BCUT2D eigenvalue weighted by Gasteiger charge is 2.32. The largest absolute Gasteiger partial charge is 0.367 e. The molecular weight excluding hydrogens is 525 g/mol. The lowest BCUT2D eigenvalue weighted by molar-refractivity contribution is -0.0178. The summed E-state index contributed by atoms with van der Waals surface area (Å²) in [4.78, 5) is 19.0. The first kappa shape index (κ1) is 24.2. The number of morpholine rings is 1.